The highest BCUT2D eigenvalue weighted by Gasteiger charge is 2.20. The van der Waals surface area contributed by atoms with Crippen LogP contribution in [-0.2, 0) is 16.3 Å². The summed E-state index contributed by atoms with van der Waals surface area (Å²) >= 11 is 1.73. The topological polar surface area (TPSA) is 46.2 Å². The van der Waals surface area contributed by atoms with Gasteiger partial charge in [-0.15, -0.1) is 11.3 Å². The maximum atomic E-state index is 11.1. The maximum Gasteiger partial charge on any atom is 0.173 e. The van der Waals surface area contributed by atoms with Crippen LogP contribution in [0.4, 0.5) is 0 Å². The molecule has 0 amide bonds. The van der Waals surface area contributed by atoms with E-state index in [1.165, 1.54) is 10.3 Å². The molecule has 0 radical (unpaired) electrons. The van der Waals surface area contributed by atoms with E-state index < -0.39 is 9.84 Å². The number of hydrogen-bond acceptors (Lipinski definition) is 4. The highest BCUT2D eigenvalue weighted by atomic mass is 32.2. The van der Waals surface area contributed by atoms with Crippen molar-refractivity contribution in [1.82, 2.24) is 5.32 Å². The Hall–Kier alpha value is -0.650. The summed E-state index contributed by atoms with van der Waals surface area (Å²) in [5.41, 5.74) is 0. The van der Waals surface area contributed by atoms with E-state index in [0.29, 0.717) is 0 Å². The predicted octanol–water partition coefficient (Wildman–Crippen LogP) is 1.19. The minimum atomic E-state index is -2.92. The Labute approximate surface area is 93.7 Å². The van der Waals surface area contributed by atoms with Crippen molar-refractivity contribution in [3.63, 3.8) is 0 Å². The minimum absolute atomic E-state index is 0.00466. The summed E-state index contributed by atoms with van der Waals surface area (Å²) in [5.74, 6) is 0.206. The van der Waals surface area contributed by atoms with Crippen molar-refractivity contribution in [2.24, 2.45) is 0 Å². The van der Waals surface area contributed by atoms with Crippen LogP contribution in [0.5, 0.6) is 0 Å². The first-order chi connectivity index (χ1) is 7.16. The van der Waals surface area contributed by atoms with Gasteiger partial charge in [-0.3, -0.25) is 0 Å². The van der Waals surface area contributed by atoms with Gasteiger partial charge in [0.05, 0.1) is 5.75 Å². The molecule has 0 saturated carbocycles. The zero-order valence-corrected chi connectivity index (χ0v) is 9.85. The molecule has 1 aliphatic heterocycles. The summed E-state index contributed by atoms with van der Waals surface area (Å²) in [6, 6.07) is 4.11. The fourth-order valence-electron chi connectivity index (χ4n) is 1.54. The number of nitrogens with one attached hydrogen (secondary N) is 1. The first-order valence-electron chi connectivity index (χ1n) is 4.82. The maximum absolute atomic E-state index is 11.1. The monoisotopic (exact) mass is 243 g/mol. The Morgan fingerprint density at radius 3 is 3.00 bits per heavy atom. The Morgan fingerprint density at radius 2 is 2.40 bits per heavy atom. The molecule has 3 nitrogen and oxygen atoms in total. The van der Waals surface area contributed by atoms with Crippen molar-refractivity contribution in [3.8, 4) is 0 Å². The third-order valence-electron chi connectivity index (χ3n) is 2.29. The van der Waals surface area contributed by atoms with Crippen LogP contribution in [0.15, 0.2) is 29.0 Å². The van der Waals surface area contributed by atoms with Crippen molar-refractivity contribution in [2.75, 3.05) is 12.3 Å². The van der Waals surface area contributed by atoms with Crippen LogP contribution in [0.1, 0.15) is 4.88 Å². The van der Waals surface area contributed by atoms with E-state index in [2.05, 4.69) is 16.8 Å². The summed E-state index contributed by atoms with van der Waals surface area (Å²) in [6.07, 6.45) is 2.69. The smallest absolute Gasteiger partial charge is 0.173 e. The third-order valence-corrected chi connectivity index (χ3v) is 4.62. The molecule has 0 saturated heterocycles. The van der Waals surface area contributed by atoms with Gasteiger partial charge < -0.3 is 5.32 Å². The molecule has 1 aromatic rings. The van der Waals surface area contributed by atoms with Gasteiger partial charge in [0.2, 0.25) is 0 Å². The van der Waals surface area contributed by atoms with Crippen molar-refractivity contribution in [2.45, 2.75) is 12.5 Å². The second-order valence-electron chi connectivity index (χ2n) is 3.55. The summed E-state index contributed by atoms with van der Waals surface area (Å²) < 4.78 is 22.2. The SMILES string of the molecule is O=S1(=O)C=CC(NCCc2cccs2)C1. The van der Waals surface area contributed by atoms with E-state index in [4.69, 9.17) is 0 Å². The molecule has 15 heavy (non-hydrogen) atoms. The minimum Gasteiger partial charge on any atom is -0.309 e. The molecule has 0 fully saturated rings. The van der Waals surface area contributed by atoms with E-state index >= 15 is 0 Å². The molecule has 0 aromatic carbocycles. The fraction of sp³-hybridized carbons (Fsp3) is 0.400. The van der Waals surface area contributed by atoms with Crippen molar-refractivity contribution >= 4 is 21.2 Å². The quantitative estimate of drug-likeness (QED) is 0.864. The molecule has 1 aromatic heterocycles. The molecule has 2 rings (SSSR count). The van der Waals surface area contributed by atoms with Crippen molar-refractivity contribution in [3.05, 3.63) is 33.9 Å². The van der Waals surface area contributed by atoms with Crippen molar-refractivity contribution in [1.29, 1.82) is 0 Å². The van der Waals surface area contributed by atoms with Crippen LogP contribution in [0, 0.1) is 0 Å². The Bertz CT molecular complexity index is 434. The van der Waals surface area contributed by atoms with Crippen molar-refractivity contribution < 1.29 is 8.42 Å². The Kier molecular flexibility index (Phi) is 3.23. The molecule has 1 unspecified atom stereocenters. The largest absolute Gasteiger partial charge is 0.309 e. The summed E-state index contributed by atoms with van der Waals surface area (Å²) in [4.78, 5) is 1.33. The second-order valence-corrected chi connectivity index (χ2v) is 6.51. The fourth-order valence-corrected chi connectivity index (χ4v) is 3.52. The lowest BCUT2D eigenvalue weighted by Gasteiger charge is -2.08. The molecule has 1 aliphatic rings. The van der Waals surface area contributed by atoms with E-state index in [1.807, 2.05) is 6.07 Å². The zero-order valence-electron chi connectivity index (χ0n) is 8.22. The van der Waals surface area contributed by atoms with Gasteiger partial charge in [-0.1, -0.05) is 12.1 Å². The van der Waals surface area contributed by atoms with Gasteiger partial charge in [-0.2, -0.15) is 0 Å². The summed E-state index contributed by atoms with van der Waals surface area (Å²) in [6.45, 7) is 0.824. The van der Waals surface area contributed by atoms with Crippen LogP contribution in [0.3, 0.4) is 0 Å². The second kappa shape index (κ2) is 4.47. The first kappa shape index (κ1) is 10.9. The lowest BCUT2D eigenvalue weighted by atomic mass is 10.3. The van der Waals surface area contributed by atoms with Gasteiger partial charge in [0, 0.05) is 22.9 Å². The van der Waals surface area contributed by atoms with Crippen LogP contribution < -0.4 is 5.32 Å². The third kappa shape index (κ3) is 3.15. The van der Waals surface area contributed by atoms with E-state index in [1.54, 1.807) is 17.4 Å². The predicted molar refractivity (Wildman–Crippen MR) is 62.7 cm³/mol. The van der Waals surface area contributed by atoms with Crippen LogP contribution >= 0.6 is 11.3 Å². The van der Waals surface area contributed by atoms with Gasteiger partial charge in [-0.25, -0.2) is 8.42 Å². The molecule has 1 N–H and O–H groups in total. The lowest BCUT2D eigenvalue weighted by Crippen LogP contribution is -2.31. The molecule has 0 aliphatic carbocycles. The molecule has 1 atom stereocenters. The highest BCUT2D eigenvalue weighted by molar-refractivity contribution is 7.94. The zero-order chi connectivity index (χ0) is 10.7. The molecule has 0 bridgehead atoms. The number of sulfone groups is 1. The van der Waals surface area contributed by atoms with E-state index in [-0.39, 0.29) is 11.8 Å². The van der Waals surface area contributed by atoms with E-state index in [0.717, 1.165) is 13.0 Å². The Balaban J connectivity index is 1.74. The molecule has 0 spiro atoms. The van der Waals surface area contributed by atoms with Crippen LogP contribution in [-0.4, -0.2) is 26.8 Å². The van der Waals surface area contributed by atoms with Crippen LogP contribution in [0.2, 0.25) is 0 Å². The first-order valence-corrected chi connectivity index (χ1v) is 7.42. The molecule has 82 valence electrons. The van der Waals surface area contributed by atoms with Gasteiger partial charge in [0.25, 0.3) is 0 Å². The highest BCUT2D eigenvalue weighted by Crippen LogP contribution is 2.10. The normalized spacial score (nSPS) is 23.3. The molecular weight excluding hydrogens is 230 g/mol. The average Bonchev–Trinajstić information content (AvgIpc) is 2.76. The van der Waals surface area contributed by atoms with E-state index in [9.17, 15) is 8.42 Å². The van der Waals surface area contributed by atoms with Gasteiger partial charge in [0.15, 0.2) is 9.84 Å². The molecular formula is C10H13NO2S2. The van der Waals surface area contributed by atoms with Gasteiger partial charge in [-0.05, 0) is 17.9 Å². The molecule has 5 heteroatoms. The van der Waals surface area contributed by atoms with Crippen LogP contribution in [0.25, 0.3) is 0 Å². The molecule has 2 heterocycles. The van der Waals surface area contributed by atoms with Gasteiger partial charge in [0.1, 0.15) is 0 Å². The Morgan fingerprint density at radius 1 is 1.53 bits per heavy atom. The number of rotatable bonds is 4. The standard InChI is InChI=1S/C10H13NO2S2/c12-15(13)7-4-9(8-15)11-5-3-10-2-1-6-14-10/h1-2,4,6-7,9,11H,3,5,8H2. The van der Waals surface area contributed by atoms with Gasteiger partial charge >= 0.3 is 0 Å². The number of thiophene rings is 1. The summed E-state index contributed by atoms with van der Waals surface area (Å²) in [5, 5.41) is 6.57. The lowest BCUT2D eigenvalue weighted by molar-refractivity contribution is 0.591. The average molecular weight is 243 g/mol. The number of hydrogen-bond donors (Lipinski definition) is 1. The summed E-state index contributed by atoms with van der Waals surface area (Å²) in [7, 11) is -2.92.